The lowest BCUT2D eigenvalue weighted by Crippen LogP contribution is -2.05. The first-order chi connectivity index (χ1) is 15.5. The molecule has 0 aliphatic rings. The van der Waals surface area contributed by atoms with Gasteiger partial charge in [0, 0.05) is 6.07 Å². The van der Waals surface area contributed by atoms with Gasteiger partial charge in [-0.2, -0.15) is 8.42 Å². The molecule has 186 valence electrons. The van der Waals surface area contributed by atoms with Crippen LogP contribution in [-0.2, 0) is 10.1 Å². The third-order valence-corrected chi connectivity index (χ3v) is 6.57. The monoisotopic (exact) mass is 470 g/mol. The highest BCUT2D eigenvalue weighted by Gasteiger charge is 2.14. The number of hydrogen-bond donors (Lipinski definition) is 1. The zero-order valence-corrected chi connectivity index (χ0v) is 21.3. The first kappa shape index (κ1) is 28.8. The Balaban J connectivity index is 2.39. The van der Waals surface area contributed by atoms with Gasteiger partial charge >= 0.3 is 0 Å². The molecule has 0 fully saturated rings. The van der Waals surface area contributed by atoms with Gasteiger partial charge in [-0.15, -0.1) is 0 Å². The third kappa shape index (κ3) is 14.0. The minimum Gasteiger partial charge on any atom is -0.490 e. The minimum atomic E-state index is -4.27. The van der Waals surface area contributed by atoms with Crippen LogP contribution in [0.15, 0.2) is 23.1 Å². The van der Waals surface area contributed by atoms with Crippen LogP contribution in [0.4, 0.5) is 0 Å². The van der Waals surface area contributed by atoms with Crippen molar-refractivity contribution < 1.29 is 22.4 Å². The van der Waals surface area contributed by atoms with Gasteiger partial charge in [-0.25, -0.2) is 0 Å². The molecule has 0 atom stereocenters. The minimum absolute atomic E-state index is 0.164. The fraction of sp³-hybridized carbons (Fsp3) is 0.769. The Kier molecular flexibility index (Phi) is 16.3. The van der Waals surface area contributed by atoms with Crippen LogP contribution in [0.3, 0.4) is 0 Å². The van der Waals surface area contributed by atoms with E-state index in [2.05, 4.69) is 13.8 Å². The van der Waals surface area contributed by atoms with E-state index in [-0.39, 0.29) is 4.90 Å². The molecule has 0 bridgehead atoms. The molecular formula is C26H46O5S. The molecule has 0 radical (unpaired) electrons. The van der Waals surface area contributed by atoms with E-state index in [9.17, 15) is 13.0 Å². The van der Waals surface area contributed by atoms with Crippen molar-refractivity contribution in [2.24, 2.45) is 0 Å². The van der Waals surface area contributed by atoms with Crippen LogP contribution in [0.25, 0.3) is 0 Å². The quantitative estimate of drug-likeness (QED) is 0.146. The van der Waals surface area contributed by atoms with E-state index >= 15 is 0 Å². The van der Waals surface area contributed by atoms with E-state index in [4.69, 9.17) is 9.47 Å². The lowest BCUT2D eigenvalue weighted by molar-refractivity contribution is 0.257. The molecule has 32 heavy (non-hydrogen) atoms. The third-order valence-electron chi connectivity index (χ3n) is 5.72. The van der Waals surface area contributed by atoms with Crippen LogP contribution in [0, 0.1) is 0 Å². The maximum Gasteiger partial charge on any atom is 0.294 e. The highest BCUT2D eigenvalue weighted by molar-refractivity contribution is 7.85. The van der Waals surface area contributed by atoms with Crippen molar-refractivity contribution in [3.8, 4) is 11.5 Å². The average Bonchev–Trinajstić information content (AvgIpc) is 2.76. The van der Waals surface area contributed by atoms with Crippen molar-refractivity contribution in [3.05, 3.63) is 18.2 Å². The zero-order valence-electron chi connectivity index (χ0n) is 20.4. The smallest absolute Gasteiger partial charge is 0.294 e. The van der Waals surface area contributed by atoms with Crippen molar-refractivity contribution in [3.63, 3.8) is 0 Å². The van der Waals surface area contributed by atoms with Crippen molar-refractivity contribution in [2.45, 2.75) is 121 Å². The predicted molar refractivity (Wildman–Crippen MR) is 132 cm³/mol. The first-order valence-corrected chi connectivity index (χ1v) is 14.3. The molecule has 6 heteroatoms. The molecular weight excluding hydrogens is 424 g/mol. The summed E-state index contributed by atoms with van der Waals surface area (Å²) in [4.78, 5) is -0.164. The average molecular weight is 471 g/mol. The molecule has 0 heterocycles. The van der Waals surface area contributed by atoms with Gasteiger partial charge in [-0.3, -0.25) is 4.55 Å². The van der Waals surface area contributed by atoms with Gasteiger partial charge in [0.1, 0.15) is 0 Å². The Labute approximate surface area is 197 Å². The molecule has 0 amide bonds. The largest absolute Gasteiger partial charge is 0.490 e. The zero-order chi connectivity index (χ0) is 23.5. The van der Waals surface area contributed by atoms with Crippen LogP contribution >= 0.6 is 0 Å². The lowest BCUT2D eigenvalue weighted by Gasteiger charge is -2.14. The van der Waals surface area contributed by atoms with Gasteiger partial charge in [-0.05, 0) is 25.0 Å². The Morgan fingerprint density at radius 1 is 0.625 bits per heavy atom. The maximum atomic E-state index is 11.5. The van der Waals surface area contributed by atoms with Crippen molar-refractivity contribution in [1.82, 2.24) is 0 Å². The normalized spacial score (nSPS) is 11.6. The van der Waals surface area contributed by atoms with Gasteiger partial charge < -0.3 is 9.47 Å². The van der Waals surface area contributed by atoms with Crippen LogP contribution < -0.4 is 9.47 Å². The molecule has 0 aliphatic carbocycles. The second-order valence-electron chi connectivity index (χ2n) is 8.73. The van der Waals surface area contributed by atoms with E-state index in [0.717, 1.165) is 25.7 Å². The summed E-state index contributed by atoms with van der Waals surface area (Å²) in [6.07, 6.45) is 19.5. The summed E-state index contributed by atoms with van der Waals surface area (Å²) in [7, 11) is -4.27. The fourth-order valence-electron chi connectivity index (χ4n) is 3.72. The number of benzene rings is 1. The Bertz CT molecular complexity index is 687. The second kappa shape index (κ2) is 18.2. The molecule has 0 spiro atoms. The van der Waals surface area contributed by atoms with Gasteiger partial charge in [0.15, 0.2) is 11.5 Å². The molecule has 5 nitrogen and oxygen atoms in total. The summed E-state index contributed by atoms with van der Waals surface area (Å²) in [5, 5.41) is 0. The molecule has 0 saturated carbocycles. The van der Waals surface area contributed by atoms with Crippen molar-refractivity contribution >= 4 is 10.1 Å². The molecule has 0 saturated heterocycles. The summed E-state index contributed by atoms with van der Waals surface area (Å²) < 4.78 is 44.1. The van der Waals surface area contributed by atoms with E-state index in [0.29, 0.717) is 24.7 Å². The Hall–Kier alpha value is -1.27. The molecule has 1 rings (SSSR count). The maximum absolute atomic E-state index is 11.5. The first-order valence-electron chi connectivity index (χ1n) is 12.9. The summed E-state index contributed by atoms with van der Waals surface area (Å²) in [6.45, 7) is 5.54. The van der Waals surface area contributed by atoms with Gasteiger partial charge in [-0.1, -0.05) is 104 Å². The molecule has 1 aromatic rings. The van der Waals surface area contributed by atoms with Crippen LogP contribution in [0.2, 0.25) is 0 Å². The van der Waals surface area contributed by atoms with Gasteiger partial charge in [0.2, 0.25) is 0 Å². The predicted octanol–water partition coefficient (Wildman–Crippen LogP) is 7.97. The highest BCUT2D eigenvalue weighted by Crippen LogP contribution is 2.30. The van der Waals surface area contributed by atoms with Crippen molar-refractivity contribution in [2.75, 3.05) is 13.2 Å². The molecule has 0 aromatic heterocycles. The summed E-state index contributed by atoms with van der Waals surface area (Å²) in [5.74, 6) is 0.933. The molecule has 1 aromatic carbocycles. The Morgan fingerprint density at radius 3 is 1.47 bits per heavy atom. The SMILES string of the molecule is CCCCCCCCCCOc1ccc(S(=O)(=O)O)cc1OCCCCCCCCCC. The van der Waals surface area contributed by atoms with E-state index in [1.165, 1.54) is 89.2 Å². The number of unbranched alkanes of at least 4 members (excludes halogenated alkanes) is 14. The summed E-state index contributed by atoms with van der Waals surface area (Å²) >= 11 is 0. The van der Waals surface area contributed by atoms with E-state index in [1.807, 2.05) is 0 Å². The molecule has 0 unspecified atom stereocenters. The molecule has 0 aliphatic heterocycles. The topological polar surface area (TPSA) is 72.8 Å². The van der Waals surface area contributed by atoms with Gasteiger partial charge in [0.05, 0.1) is 18.1 Å². The van der Waals surface area contributed by atoms with Crippen LogP contribution in [0.1, 0.15) is 117 Å². The van der Waals surface area contributed by atoms with Gasteiger partial charge in [0.25, 0.3) is 10.1 Å². The standard InChI is InChI=1S/C26H46O5S/c1-3-5-7-9-11-13-15-17-21-30-25-20-19-24(32(27,28)29)23-26(25)31-22-18-16-14-12-10-8-6-4-2/h19-20,23H,3-18,21-22H2,1-2H3,(H,27,28,29). The number of hydrogen-bond acceptors (Lipinski definition) is 4. The van der Waals surface area contributed by atoms with E-state index < -0.39 is 10.1 Å². The fourth-order valence-corrected chi connectivity index (χ4v) is 4.21. The van der Waals surface area contributed by atoms with Crippen LogP contribution in [0.5, 0.6) is 11.5 Å². The highest BCUT2D eigenvalue weighted by atomic mass is 32.2. The summed E-state index contributed by atoms with van der Waals surface area (Å²) in [6, 6.07) is 4.31. The van der Waals surface area contributed by atoms with Crippen LogP contribution in [-0.4, -0.2) is 26.2 Å². The van der Waals surface area contributed by atoms with Crippen molar-refractivity contribution in [1.29, 1.82) is 0 Å². The number of rotatable bonds is 21. The second-order valence-corrected chi connectivity index (χ2v) is 10.2. The lowest BCUT2D eigenvalue weighted by atomic mass is 10.1. The van der Waals surface area contributed by atoms with E-state index in [1.54, 1.807) is 6.07 Å². The number of ether oxygens (including phenoxy) is 2. The summed E-state index contributed by atoms with van der Waals surface area (Å²) in [5.41, 5.74) is 0. The Morgan fingerprint density at radius 2 is 1.03 bits per heavy atom. The molecule has 1 N–H and O–H groups in total.